The average molecular weight is 263 g/mol. The minimum atomic E-state index is 0.656. The minimum absolute atomic E-state index is 0.656. The van der Waals surface area contributed by atoms with Gasteiger partial charge in [-0.15, -0.1) is 0 Å². The van der Waals surface area contributed by atoms with Crippen LogP contribution in [0.15, 0.2) is 24.3 Å². The monoisotopic (exact) mass is 263 g/mol. The summed E-state index contributed by atoms with van der Waals surface area (Å²) >= 11 is 0. The van der Waals surface area contributed by atoms with E-state index in [9.17, 15) is 0 Å². The van der Waals surface area contributed by atoms with Crippen molar-refractivity contribution >= 4 is 5.69 Å². The molecule has 1 aromatic carbocycles. The van der Waals surface area contributed by atoms with E-state index < -0.39 is 0 Å². The molecule has 4 heteroatoms. The average Bonchev–Trinajstić information content (AvgIpc) is 2.38. The zero-order valence-electron chi connectivity index (χ0n) is 12.0. The molecular formula is C15H25N3O. The fourth-order valence-electron chi connectivity index (χ4n) is 2.59. The molecule has 1 fully saturated rings. The molecule has 0 bridgehead atoms. The molecule has 1 unspecified atom stereocenters. The van der Waals surface area contributed by atoms with Crippen LogP contribution in [-0.4, -0.2) is 56.2 Å². The zero-order chi connectivity index (χ0) is 13.7. The maximum absolute atomic E-state index is 5.74. The van der Waals surface area contributed by atoms with Gasteiger partial charge >= 0.3 is 0 Å². The molecule has 19 heavy (non-hydrogen) atoms. The van der Waals surface area contributed by atoms with Crippen LogP contribution in [0.1, 0.15) is 12.8 Å². The molecule has 1 atom stereocenters. The SMILES string of the molecule is CN1CCCC(N(C)CCOc2cccc(N)c2)C1. The van der Waals surface area contributed by atoms with Gasteiger partial charge in [0.15, 0.2) is 0 Å². The summed E-state index contributed by atoms with van der Waals surface area (Å²) in [6.45, 7) is 4.05. The highest BCUT2D eigenvalue weighted by Crippen LogP contribution is 2.15. The molecule has 1 aliphatic rings. The van der Waals surface area contributed by atoms with E-state index >= 15 is 0 Å². The van der Waals surface area contributed by atoms with E-state index in [4.69, 9.17) is 10.5 Å². The largest absolute Gasteiger partial charge is 0.492 e. The quantitative estimate of drug-likeness (QED) is 0.821. The summed E-state index contributed by atoms with van der Waals surface area (Å²) in [5, 5.41) is 0. The second-order valence-electron chi connectivity index (χ2n) is 5.46. The van der Waals surface area contributed by atoms with E-state index in [0.29, 0.717) is 12.6 Å². The Morgan fingerprint density at radius 3 is 3.05 bits per heavy atom. The van der Waals surface area contributed by atoms with Crippen molar-refractivity contribution in [1.29, 1.82) is 0 Å². The molecule has 4 nitrogen and oxygen atoms in total. The van der Waals surface area contributed by atoms with E-state index in [1.165, 1.54) is 19.4 Å². The molecule has 0 aromatic heterocycles. The summed E-state index contributed by atoms with van der Waals surface area (Å²) < 4.78 is 5.74. The molecule has 1 saturated heterocycles. The number of anilines is 1. The normalized spacial score (nSPS) is 20.7. The smallest absolute Gasteiger partial charge is 0.121 e. The Morgan fingerprint density at radius 1 is 1.47 bits per heavy atom. The highest BCUT2D eigenvalue weighted by atomic mass is 16.5. The number of hydrogen-bond donors (Lipinski definition) is 1. The number of likely N-dealkylation sites (N-methyl/N-ethyl adjacent to an activating group) is 2. The first-order valence-electron chi connectivity index (χ1n) is 7.02. The van der Waals surface area contributed by atoms with Gasteiger partial charge in [0.1, 0.15) is 12.4 Å². The van der Waals surface area contributed by atoms with Crippen molar-refractivity contribution in [2.75, 3.05) is 46.1 Å². The summed E-state index contributed by atoms with van der Waals surface area (Å²) in [4.78, 5) is 4.81. The molecule has 0 amide bonds. The Hall–Kier alpha value is -1.26. The van der Waals surface area contributed by atoms with Gasteiger partial charge in [-0.1, -0.05) is 6.07 Å². The Kier molecular flexibility index (Phi) is 5.05. The molecule has 106 valence electrons. The first-order valence-corrected chi connectivity index (χ1v) is 7.02. The molecule has 2 rings (SSSR count). The van der Waals surface area contributed by atoms with Crippen LogP contribution in [0, 0.1) is 0 Å². The van der Waals surface area contributed by atoms with Crippen LogP contribution in [0.25, 0.3) is 0 Å². The fourth-order valence-corrected chi connectivity index (χ4v) is 2.59. The molecule has 1 aliphatic heterocycles. The van der Waals surface area contributed by atoms with Crippen molar-refractivity contribution in [1.82, 2.24) is 9.80 Å². The van der Waals surface area contributed by atoms with E-state index in [2.05, 4.69) is 23.9 Å². The van der Waals surface area contributed by atoms with Gasteiger partial charge in [-0.05, 0) is 45.6 Å². The lowest BCUT2D eigenvalue weighted by Gasteiger charge is -2.35. The Labute approximate surface area is 116 Å². The van der Waals surface area contributed by atoms with E-state index in [1.807, 2.05) is 24.3 Å². The summed E-state index contributed by atoms with van der Waals surface area (Å²) in [5.41, 5.74) is 6.48. The van der Waals surface area contributed by atoms with Crippen molar-refractivity contribution in [3.05, 3.63) is 24.3 Å². The zero-order valence-corrected chi connectivity index (χ0v) is 12.0. The first-order chi connectivity index (χ1) is 9.15. The topological polar surface area (TPSA) is 41.7 Å². The van der Waals surface area contributed by atoms with E-state index in [0.717, 1.165) is 24.5 Å². The van der Waals surface area contributed by atoms with Crippen molar-refractivity contribution in [3.63, 3.8) is 0 Å². The second-order valence-corrected chi connectivity index (χ2v) is 5.46. The minimum Gasteiger partial charge on any atom is -0.492 e. The van der Waals surface area contributed by atoms with Crippen LogP contribution >= 0.6 is 0 Å². The number of ether oxygens (including phenoxy) is 1. The predicted molar refractivity (Wildman–Crippen MR) is 79.5 cm³/mol. The second kappa shape index (κ2) is 6.78. The summed E-state index contributed by atoms with van der Waals surface area (Å²) in [6.07, 6.45) is 2.58. The molecule has 0 aliphatic carbocycles. The summed E-state index contributed by atoms with van der Waals surface area (Å²) in [5.74, 6) is 0.856. The standard InChI is InChI=1S/C15H25N3O/c1-17-8-4-6-14(12-17)18(2)9-10-19-15-7-3-5-13(16)11-15/h3,5,7,11,14H,4,6,8-10,12,16H2,1-2H3. The van der Waals surface area contributed by atoms with E-state index in [1.54, 1.807) is 0 Å². The molecular weight excluding hydrogens is 238 g/mol. The molecule has 0 spiro atoms. The van der Waals surface area contributed by atoms with Crippen molar-refractivity contribution in [2.45, 2.75) is 18.9 Å². The van der Waals surface area contributed by atoms with Crippen molar-refractivity contribution < 1.29 is 4.74 Å². The fraction of sp³-hybridized carbons (Fsp3) is 0.600. The maximum atomic E-state index is 5.74. The van der Waals surface area contributed by atoms with Gasteiger partial charge in [0.25, 0.3) is 0 Å². The van der Waals surface area contributed by atoms with Crippen LogP contribution in [0.5, 0.6) is 5.75 Å². The third-order valence-electron chi connectivity index (χ3n) is 3.79. The van der Waals surface area contributed by atoms with Crippen LogP contribution in [0.2, 0.25) is 0 Å². The van der Waals surface area contributed by atoms with Crippen LogP contribution < -0.4 is 10.5 Å². The number of nitrogens with zero attached hydrogens (tertiary/aromatic N) is 2. The van der Waals surface area contributed by atoms with Gasteiger partial charge in [-0.2, -0.15) is 0 Å². The third-order valence-corrected chi connectivity index (χ3v) is 3.79. The Balaban J connectivity index is 1.73. The maximum Gasteiger partial charge on any atom is 0.121 e. The lowest BCUT2D eigenvalue weighted by molar-refractivity contribution is 0.119. The third kappa shape index (κ3) is 4.40. The van der Waals surface area contributed by atoms with Crippen molar-refractivity contribution in [2.24, 2.45) is 0 Å². The Morgan fingerprint density at radius 2 is 2.32 bits per heavy atom. The highest BCUT2D eigenvalue weighted by Gasteiger charge is 2.20. The Bertz CT molecular complexity index is 397. The van der Waals surface area contributed by atoms with Gasteiger partial charge in [0, 0.05) is 30.9 Å². The van der Waals surface area contributed by atoms with Gasteiger partial charge < -0.3 is 15.4 Å². The molecule has 2 N–H and O–H groups in total. The van der Waals surface area contributed by atoms with Gasteiger partial charge in [-0.25, -0.2) is 0 Å². The molecule has 0 saturated carbocycles. The molecule has 0 radical (unpaired) electrons. The lowest BCUT2D eigenvalue weighted by atomic mass is 10.1. The van der Waals surface area contributed by atoms with E-state index in [-0.39, 0.29) is 0 Å². The first kappa shape index (κ1) is 14.2. The van der Waals surface area contributed by atoms with Crippen LogP contribution in [-0.2, 0) is 0 Å². The van der Waals surface area contributed by atoms with Crippen LogP contribution in [0.3, 0.4) is 0 Å². The number of nitrogen functional groups attached to an aromatic ring is 1. The van der Waals surface area contributed by atoms with Crippen molar-refractivity contribution in [3.8, 4) is 5.75 Å². The summed E-state index contributed by atoms with van der Waals surface area (Å²) in [6, 6.07) is 8.27. The number of nitrogens with two attached hydrogens (primary N) is 1. The number of piperidine rings is 1. The lowest BCUT2D eigenvalue weighted by Crippen LogP contribution is -2.46. The highest BCUT2D eigenvalue weighted by molar-refractivity contribution is 5.43. The molecule has 1 aromatic rings. The molecule has 1 heterocycles. The number of hydrogen-bond acceptors (Lipinski definition) is 4. The van der Waals surface area contributed by atoms with Crippen LogP contribution in [0.4, 0.5) is 5.69 Å². The summed E-state index contributed by atoms with van der Waals surface area (Å²) in [7, 11) is 4.38. The van der Waals surface area contributed by atoms with Gasteiger partial charge in [-0.3, -0.25) is 4.90 Å². The van der Waals surface area contributed by atoms with Gasteiger partial charge in [0.05, 0.1) is 0 Å². The number of likely N-dealkylation sites (tertiary alicyclic amines) is 1. The number of rotatable bonds is 5. The number of benzene rings is 1. The predicted octanol–water partition coefficient (Wildman–Crippen LogP) is 1.67. The van der Waals surface area contributed by atoms with Gasteiger partial charge in [0.2, 0.25) is 0 Å².